The predicted molar refractivity (Wildman–Crippen MR) is 133 cm³/mol. The number of fused-ring (bicyclic) bond motifs is 1. The Hall–Kier alpha value is -3.45. The number of nitrogens with zero attached hydrogens (tertiary/aromatic N) is 1. The monoisotopic (exact) mass is 497 g/mol. The van der Waals surface area contributed by atoms with Crippen LogP contribution in [0.15, 0.2) is 58.2 Å². The summed E-state index contributed by atoms with van der Waals surface area (Å²) >= 11 is 6.16. The van der Waals surface area contributed by atoms with Gasteiger partial charge in [0.15, 0.2) is 22.9 Å². The van der Waals surface area contributed by atoms with Crippen LogP contribution in [0.1, 0.15) is 55.3 Å². The number of hydrogen-bond donors (Lipinski definition) is 1. The Morgan fingerprint density at radius 1 is 1.17 bits per heavy atom. The van der Waals surface area contributed by atoms with Gasteiger partial charge in [-0.1, -0.05) is 43.5 Å². The van der Waals surface area contributed by atoms with Crippen LogP contribution in [-0.4, -0.2) is 42.0 Å². The highest BCUT2D eigenvalue weighted by Crippen LogP contribution is 2.41. The second-order valence-corrected chi connectivity index (χ2v) is 8.78. The number of ketones is 1. The molecule has 0 spiro atoms. The summed E-state index contributed by atoms with van der Waals surface area (Å²) in [5.74, 6) is -0.732. The number of carbonyl (C=O) groups excluding carboxylic acids is 2. The molecule has 2 aromatic carbocycles. The smallest absolute Gasteiger partial charge is 0.290 e. The second kappa shape index (κ2) is 10.4. The predicted octanol–water partition coefficient (Wildman–Crippen LogP) is 6.26. The van der Waals surface area contributed by atoms with Gasteiger partial charge in [0.2, 0.25) is 5.78 Å². The molecule has 1 aliphatic rings. The lowest BCUT2D eigenvalue weighted by Gasteiger charge is -2.27. The minimum absolute atomic E-state index is 0.0173. The van der Waals surface area contributed by atoms with Gasteiger partial charge in [-0.25, -0.2) is 0 Å². The van der Waals surface area contributed by atoms with Crippen molar-refractivity contribution in [3.8, 4) is 11.5 Å². The number of benzene rings is 2. The fourth-order valence-corrected chi connectivity index (χ4v) is 4.63. The average Bonchev–Trinajstić information content (AvgIpc) is 3.38. The number of hydrogen-bond acceptors (Lipinski definition) is 6. The minimum atomic E-state index is -0.772. The molecule has 1 atom stereocenters. The molecule has 1 amide bonds. The van der Waals surface area contributed by atoms with Crippen LogP contribution in [0.2, 0.25) is 5.02 Å². The van der Waals surface area contributed by atoms with E-state index in [4.69, 9.17) is 25.5 Å². The van der Waals surface area contributed by atoms with E-state index < -0.39 is 23.5 Å². The standard InChI is InChI=1S/C27H28ClNO6/c1-4-6-7-11-29-23(16-9-8-10-19(13-16)34-5-2)22(25(31)27(29)32)24(30)20-14-17-12-18(28)15-21(33-3)26(17)35-20/h8-10,12-15,23,31H,4-7,11H2,1-3H3. The number of aliphatic hydroxyl groups excluding tert-OH is 1. The third-order valence-electron chi connectivity index (χ3n) is 6.03. The summed E-state index contributed by atoms with van der Waals surface area (Å²) in [7, 11) is 1.48. The molecule has 0 saturated heterocycles. The maximum atomic E-state index is 13.7. The van der Waals surface area contributed by atoms with Gasteiger partial charge >= 0.3 is 0 Å². The van der Waals surface area contributed by atoms with Crippen LogP contribution < -0.4 is 9.47 Å². The zero-order chi connectivity index (χ0) is 25.1. The molecule has 184 valence electrons. The summed E-state index contributed by atoms with van der Waals surface area (Å²) in [5.41, 5.74) is 1.01. The fraction of sp³-hybridized carbons (Fsp3) is 0.333. The van der Waals surface area contributed by atoms with Crippen molar-refractivity contribution < 1.29 is 28.6 Å². The normalized spacial score (nSPS) is 15.8. The number of carbonyl (C=O) groups is 2. The number of unbranched alkanes of at least 4 members (excludes halogenated alkanes) is 2. The molecular weight excluding hydrogens is 470 g/mol. The summed E-state index contributed by atoms with van der Waals surface area (Å²) in [6.45, 7) is 4.83. The van der Waals surface area contributed by atoms with Crippen molar-refractivity contribution in [1.29, 1.82) is 0 Å². The Balaban J connectivity index is 1.80. The van der Waals surface area contributed by atoms with Crippen molar-refractivity contribution >= 4 is 34.3 Å². The molecule has 1 aliphatic heterocycles. The first-order chi connectivity index (χ1) is 16.9. The van der Waals surface area contributed by atoms with E-state index in [1.165, 1.54) is 7.11 Å². The highest BCUT2D eigenvalue weighted by atomic mass is 35.5. The second-order valence-electron chi connectivity index (χ2n) is 8.34. The first-order valence-electron chi connectivity index (χ1n) is 11.7. The molecule has 4 rings (SSSR count). The molecular formula is C27H28ClNO6. The fourth-order valence-electron chi connectivity index (χ4n) is 4.42. The average molecular weight is 498 g/mol. The van der Waals surface area contributed by atoms with Gasteiger partial charge in [-0.3, -0.25) is 9.59 Å². The minimum Gasteiger partial charge on any atom is -0.503 e. The Bertz CT molecular complexity index is 1290. The van der Waals surface area contributed by atoms with Crippen LogP contribution in [0.3, 0.4) is 0 Å². The number of rotatable bonds is 10. The maximum Gasteiger partial charge on any atom is 0.290 e. The number of methoxy groups -OCH3 is 1. The highest BCUT2D eigenvalue weighted by Gasteiger charge is 2.44. The van der Waals surface area contributed by atoms with Gasteiger partial charge in [-0.15, -0.1) is 0 Å². The Morgan fingerprint density at radius 2 is 1.97 bits per heavy atom. The van der Waals surface area contributed by atoms with Gasteiger partial charge < -0.3 is 23.9 Å². The summed E-state index contributed by atoms with van der Waals surface area (Å²) in [5, 5.41) is 11.9. The van der Waals surface area contributed by atoms with Gasteiger partial charge in [0.05, 0.1) is 25.3 Å². The number of amides is 1. The summed E-state index contributed by atoms with van der Waals surface area (Å²) in [4.78, 5) is 28.4. The molecule has 1 aromatic heterocycles. The lowest BCUT2D eigenvalue weighted by atomic mass is 9.94. The lowest BCUT2D eigenvalue weighted by Crippen LogP contribution is -2.32. The highest BCUT2D eigenvalue weighted by molar-refractivity contribution is 6.31. The Kier molecular flexibility index (Phi) is 7.36. The Morgan fingerprint density at radius 3 is 2.69 bits per heavy atom. The van der Waals surface area contributed by atoms with E-state index in [9.17, 15) is 14.7 Å². The first kappa shape index (κ1) is 24.7. The largest absolute Gasteiger partial charge is 0.503 e. The number of ether oxygens (including phenoxy) is 2. The zero-order valence-electron chi connectivity index (χ0n) is 20.0. The van der Waals surface area contributed by atoms with E-state index >= 15 is 0 Å². The molecule has 0 saturated carbocycles. The molecule has 1 unspecified atom stereocenters. The third-order valence-corrected chi connectivity index (χ3v) is 6.24. The maximum absolute atomic E-state index is 13.7. The van der Waals surface area contributed by atoms with Crippen LogP contribution in [-0.2, 0) is 4.79 Å². The van der Waals surface area contributed by atoms with Gasteiger partial charge in [0.1, 0.15) is 5.75 Å². The van der Waals surface area contributed by atoms with Crippen molar-refractivity contribution in [2.45, 2.75) is 39.2 Å². The van der Waals surface area contributed by atoms with Crippen LogP contribution >= 0.6 is 11.6 Å². The van der Waals surface area contributed by atoms with Crippen LogP contribution in [0, 0.1) is 0 Å². The quantitative estimate of drug-likeness (QED) is 0.262. The van der Waals surface area contributed by atoms with Crippen molar-refractivity contribution in [3.63, 3.8) is 0 Å². The molecule has 0 fully saturated rings. The van der Waals surface area contributed by atoms with Gasteiger partial charge in [-0.05, 0) is 43.2 Å². The van der Waals surface area contributed by atoms with E-state index in [-0.39, 0.29) is 11.3 Å². The van der Waals surface area contributed by atoms with E-state index in [0.29, 0.717) is 46.2 Å². The first-order valence-corrected chi connectivity index (χ1v) is 12.1. The van der Waals surface area contributed by atoms with E-state index in [0.717, 1.165) is 19.3 Å². The Labute approximate surface area is 208 Å². The molecule has 35 heavy (non-hydrogen) atoms. The molecule has 0 bridgehead atoms. The van der Waals surface area contributed by atoms with Gasteiger partial charge in [-0.2, -0.15) is 0 Å². The summed E-state index contributed by atoms with van der Waals surface area (Å²) in [6.07, 6.45) is 2.64. The van der Waals surface area contributed by atoms with E-state index in [1.807, 2.05) is 19.1 Å². The number of aliphatic hydroxyl groups is 1. The lowest BCUT2D eigenvalue weighted by molar-refractivity contribution is -0.129. The van der Waals surface area contributed by atoms with Crippen molar-refractivity contribution in [2.75, 3.05) is 20.3 Å². The third kappa shape index (κ3) is 4.73. The van der Waals surface area contributed by atoms with E-state index in [2.05, 4.69) is 6.92 Å². The van der Waals surface area contributed by atoms with Crippen molar-refractivity contribution in [2.24, 2.45) is 0 Å². The molecule has 2 heterocycles. The summed E-state index contributed by atoms with van der Waals surface area (Å²) < 4.78 is 16.8. The van der Waals surface area contributed by atoms with Crippen LogP contribution in [0.25, 0.3) is 11.0 Å². The number of halogens is 1. The van der Waals surface area contributed by atoms with Gasteiger partial charge in [0.25, 0.3) is 5.91 Å². The van der Waals surface area contributed by atoms with Crippen molar-refractivity contribution in [1.82, 2.24) is 4.90 Å². The van der Waals surface area contributed by atoms with E-state index in [1.54, 1.807) is 35.2 Å². The SMILES string of the molecule is CCCCCN1C(=O)C(O)=C(C(=O)c2cc3cc(Cl)cc(OC)c3o2)C1c1cccc(OCC)c1. The molecule has 7 nitrogen and oxygen atoms in total. The molecule has 8 heteroatoms. The van der Waals surface area contributed by atoms with Crippen molar-refractivity contribution in [3.05, 3.63) is 70.1 Å². The molecule has 3 aromatic rings. The van der Waals surface area contributed by atoms with Crippen LogP contribution in [0.4, 0.5) is 0 Å². The van der Waals surface area contributed by atoms with Crippen LogP contribution in [0.5, 0.6) is 11.5 Å². The molecule has 1 N–H and O–H groups in total. The molecule has 0 radical (unpaired) electrons. The molecule has 0 aliphatic carbocycles. The summed E-state index contributed by atoms with van der Waals surface area (Å²) in [6, 6.07) is 11.3. The topological polar surface area (TPSA) is 89.2 Å². The van der Waals surface area contributed by atoms with Gasteiger partial charge in [0, 0.05) is 23.0 Å². The zero-order valence-corrected chi connectivity index (χ0v) is 20.7. The number of Topliss-reactive ketones (excluding diaryl/α,β-unsaturated/α-hetero) is 1. The number of furan rings is 1.